The van der Waals surface area contributed by atoms with E-state index >= 15 is 0 Å². The second kappa shape index (κ2) is 6.84. The molecule has 0 saturated carbocycles. The van der Waals surface area contributed by atoms with Crippen LogP contribution in [-0.2, 0) is 6.54 Å². The van der Waals surface area contributed by atoms with E-state index in [4.69, 9.17) is 28.9 Å². The largest absolute Gasteiger partial charge is 0.326 e. The van der Waals surface area contributed by atoms with E-state index in [1.54, 1.807) is 0 Å². The minimum absolute atomic E-state index is 0.390. The molecule has 1 nitrogen and oxygen atoms in total. The molecule has 2 aromatic rings. The lowest BCUT2D eigenvalue weighted by Gasteiger charge is -2.34. The number of nitrogens with two attached hydrogens (primary N) is 1. The van der Waals surface area contributed by atoms with Crippen molar-refractivity contribution in [3.05, 3.63) is 68.7 Å². The standard InChI is InChI=1S/C20H23Cl2N/c1-12(2)15-6-7-16(14-4-8-19(21)20(22)10-14)17-5-3-13(11-23)9-18(15)17/h3-5,8-10,12,15-16H,6-7,11,23H2,1-2H3. The summed E-state index contributed by atoms with van der Waals surface area (Å²) in [7, 11) is 0. The molecule has 1 aliphatic carbocycles. The molecule has 0 heterocycles. The van der Waals surface area contributed by atoms with E-state index in [1.807, 2.05) is 12.1 Å². The third-order valence-corrected chi connectivity index (χ3v) is 5.82. The summed E-state index contributed by atoms with van der Waals surface area (Å²) in [5.74, 6) is 1.63. The first-order chi connectivity index (χ1) is 11.0. The first kappa shape index (κ1) is 16.8. The third kappa shape index (κ3) is 3.28. The van der Waals surface area contributed by atoms with E-state index < -0.39 is 0 Å². The van der Waals surface area contributed by atoms with Gasteiger partial charge in [0.25, 0.3) is 0 Å². The van der Waals surface area contributed by atoms with Crippen LogP contribution >= 0.6 is 23.2 Å². The zero-order chi connectivity index (χ0) is 16.6. The number of benzene rings is 2. The van der Waals surface area contributed by atoms with Gasteiger partial charge in [-0.05, 0) is 59.1 Å². The molecule has 0 aromatic heterocycles. The van der Waals surface area contributed by atoms with Gasteiger partial charge in [-0.25, -0.2) is 0 Å². The van der Waals surface area contributed by atoms with Crippen molar-refractivity contribution in [1.82, 2.24) is 0 Å². The highest BCUT2D eigenvalue weighted by molar-refractivity contribution is 6.42. The maximum atomic E-state index is 6.24. The predicted molar refractivity (Wildman–Crippen MR) is 99.5 cm³/mol. The minimum atomic E-state index is 0.390. The van der Waals surface area contributed by atoms with Gasteiger partial charge in [0, 0.05) is 12.5 Å². The van der Waals surface area contributed by atoms with Gasteiger partial charge in [0.1, 0.15) is 0 Å². The lowest BCUT2D eigenvalue weighted by molar-refractivity contribution is 0.417. The molecule has 2 aromatic carbocycles. The van der Waals surface area contributed by atoms with Crippen LogP contribution in [0.2, 0.25) is 10.0 Å². The van der Waals surface area contributed by atoms with Crippen molar-refractivity contribution in [2.24, 2.45) is 11.7 Å². The fourth-order valence-electron chi connectivity index (χ4n) is 3.81. The van der Waals surface area contributed by atoms with E-state index in [0.717, 1.165) is 6.42 Å². The summed E-state index contributed by atoms with van der Waals surface area (Å²) < 4.78 is 0. The van der Waals surface area contributed by atoms with Crippen molar-refractivity contribution in [3.8, 4) is 0 Å². The summed E-state index contributed by atoms with van der Waals surface area (Å²) in [5.41, 5.74) is 11.2. The molecular formula is C20H23Cl2N. The third-order valence-electron chi connectivity index (χ3n) is 5.08. The lowest BCUT2D eigenvalue weighted by atomic mass is 9.70. The Bertz CT molecular complexity index is 709. The van der Waals surface area contributed by atoms with Crippen LogP contribution in [0.5, 0.6) is 0 Å². The van der Waals surface area contributed by atoms with Gasteiger partial charge in [0.05, 0.1) is 10.0 Å². The van der Waals surface area contributed by atoms with Crippen molar-refractivity contribution >= 4 is 23.2 Å². The summed E-state index contributed by atoms with van der Waals surface area (Å²) in [6.45, 7) is 5.21. The molecule has 3 rings (SSSR count). The Morgan fingerprint density at radius 1 is 1.00 bits per heavy atom. The highest BCUT2D eigenvalue weighted by Crippen LogP contribution is 2.46. The minimum Gasteiger partial charge on any atom is -0.326 e. The summed E-state index contributed by atoms with van der Waals surface area (Å²) in [6.07, 6.45) is 2.35. The molecule has 0 fully saturated rings. The van der Waals surface area contributed by atoms with Crippen LogP contribution in [0, 0.1) is 5.92 Å². The molecule has 2 N–H and O–H groups in total. The Labute approximate surface area is 148 Å². The average Bonchev–Trinajstić information content (AvgIpc) is 2.55. The lowest BCUT2D eigenvalue weighted by Crippen LogP contribution is -2.19. The van der Waals surface area contributed by atoms with Crippen molar-refractivity contribution in [1.29, 1.82) is 0 Å². The van der Waals surface area contributed by atoms with Gasteiger partial charge in [-0.1, -0.05) is 61.3 Å². The van der Waals surface area contributed by atoms with Gasteiger partial charge < -0.3 is 5.73 Å². The van der Waals surface area contributed by atoms with Gasteiger partial charge in [-0.15, -0.1) is 0 Å². The summed E-state index contributed by atoms with van der Waals surface area (Å²) in [5, 5.41) is 1.25. The van der Waals surface area contributed by atoms with Crippen molar-refractivity contribution in [2.45, 2.75) is 45.1 Å². The van der Waals surface area contributed by atoms with Crippen molar-refractivity contribution in [2.75, 3.05) is 0 Å². The number of halogens is 2. The molecule has 0 aliphatic heterocycles. The maximum Gasteiger partial charge on any atom is 0.0595 e. The van der Waals surface area contributed by atoms with Gasteiger partial charge in [-0.3, -0.25) is 0 Å². The van der Waals surface area contributed by atoms with Crippen molar-refractivity contribution < 1.29 is 0 Å². The van der Waals surface area contributed by atoms with Gasteiger partial charge in [0.2, 0.25) is 0 Å². The number of rotatable bonds is 3. The molecule has 0 amide bonds. The average molecular weight is 348 g/mol. The second-order valence-electron chi connectivity index (χ2n) is 6.82. The summed E-state index contributed by atoms with van der Waals surface area (Å²) in [4.78, 5) is 0. The van der Waals surface area contributed by atoms with Gasteiger partial charge in [0.15, 0.2) is 0 Å². The maximum absolute atomic E-state index is 6.24. The van der Waals surface area contributed by atoms with Gasteiger partial charge in [-0.2, -0.15) is 0 Å². The van der Waals surface area contributed by atoms with E-state index in [1.165, 1.54) is 28.7 Å². The van der Waals surface area contributed by atoms with Crippen LogP contribution in [0.25, 0.3) is 0 Å². The Morgan fingerprint density at radius 2 is 1.78 bits per heavy atom. The number of hydrogen-bond donors (Lipinski definition) is 1. The topological polar surface area (TPSA) is 26.0 Å². The Kier molecular flexibility index (Phi) is 5.01. The second-order valence-corrected chi connectivity index (χ2v) is 7.64. The van der Waals surface area contributed by atoms with E-state index in [0.29, 0.717) is 34.3 Å². The predicted octanol–water partition coefficient (Wildman–Crippen LogP) is 6.12. The Hall–Kier alpha value is -1.02. The van der Waals surface area contributed by atoms with Crippen molar-refractivity contribution in [3.63, 3.8) is 0 Å². The Balaban J connectivity index is 2.07. The molecule has 23 heavy (non-hydrogen) atoms. The quantitative estimate of drug-likeness (QED) is 0.711. The Morgan fingerprint density at radius 3 is 2.43 bits per heavy atom. The van der Waals surface area contributed by atoms with Crippen LogP contribution < -0.4 is 5.73 Å². The zero-order valence-electron chi connectivity index (χ0n) is 13.7. The van der Waals surface area contributed by atoms with Crippen LogP contribution in [0.15, 0.2) is 36.4 Å². The molecule has 0 spiro atoms. The molecule has 3 heteroatoms. The summed E-state index contributed by atoms with van der Waals surface area (Å²) >= 11 is 12.3. The number of fused-ring (bicyclic) bond motifs is 1. The molecule has 0 bridgehead atoms. The molecule has 2 atom stereocenters. The normalized spacial score (nSPS) is 20.6. The van der Waals surface area contributed by atoms with Crippen LogP contribution in [0.4, 0.5) is 0 Å². The molecule has 2 unspecified atom stereocenters. The molecular weight excluding hydrogens is 325 g/mol. The highest BCUT2D eigenvalue weighted by Gasteiger charge is 2.30. The van der Waals surface area contributed by atoms with Crippen LogP contribution in [0.3, 0.4) is 0 Å². The van der Waals surface area contributed by atoms with Gasteiger partial charge >= 0.3 is 0 Å². The molecule has 0 saturated heterocycles. The smallest absolute Gasteiger partial charge is 0.0595 e. The molecule has 122 valence electrons. The van der Waals surface area contributed by atoms with E-state index in [-0.39, 0.29) is 0 Å². The van der Waals surface area contributed by atoms with Crippen LogP contribution in [-0.4, -0.2) is 0 Å². The SMILES string of the molecule is CC(C)C1CCC(c2ccc(Cl)c(Cl)c2)c2ccc(CN)cc21. The molecule has 0 radical (unpaired) electrons. The fourth-order valence-corrected chi connectivity index (χ4v) is 4.12. The molecule has 1 aliphatic rings. The first-order valence-electron chi connectivity index (χ1n) is 8.29. The fraction of sp³-hybridized carbons (Fsp3) is 0.400. The first-order valence-corrected chi connectivity index (χ1v) is 9.04. The van der Waals surface area contributed by atoms with E-state index in [9.17, 15) is 0 Å². The monoisotopic (exact) mass is 347 g/mol. The zero-order valence-corrected chi connectivity index (χ0v) is 15.2. The number of hydrogen-bond acceptors (Lipinski definition) is 1. The summed E-state index contributed by atoms with van der Waals surface area (Å²) in [6, 6.07) is 12.8. The highest BCUT2D eigenvalue weighted by atomic mass is 35.5. The van der Waals surface area contributed by atoms with E-state index in [2.05, 4.69) is 38.1 Å². The van der Waals surface area contributed by atoms with Crippen LogP contribution in [0.1, 0.15) is 60.8 Å².